The molecule has 0 saturated carbocycles. The van der Waals surface area contributed by atoms with Gasteiger partial charge >= 0.3 is 6.18 Å². The second-order valence-corrected chi connectivity index (χ2v) is 7.32. The number of rotatable bonds is 5. The SMILES string of the molecule is Cc1cc(C(F)(F)F)n2nc(C(=O)NCCCn3nc(C)c(Cl)c3Cl)c(Cl)c2n1. The lowest BCUT2D eigenvalue weighted by molar-refractivity contribution is -0.142. The summed E-state index contributed by atoms with van der Waals surface area (Å²) in [6.45, 7) is 3.68. The Labute approximate surface area is 177 Å². The number of nitrogens with one attached hydrogen (secondary N) is 1. The highest BCUT2D eigenvalue weighted by Gasteiger charge is 2.36. The largest absolute Gasteiger partial charge is 0.433 e. The van der Waals surface area contributed by atoms with E-state index in [-0.39, 0.29) is 28.6 Å². The molecule has 0 bridgehead atoms. The van der Waals surface area contributed by atoms with Gasteiger partial charge in [-0.25, -0.2) is 9.50 Å². The first-order valence-electron chi connectivity index (χ1n) is 8.30. The van der Waals surface area contributed by atoms with Crippen LogP contribution in [0.25, 0.3) is 5.65 Å². The van der Waals surface area contributed by atoms with Crippen molar-refractivity contribution in [2.24, 2.45) is 0 Å². The first-order valence-corrected chi connectivity index (χ1v) is 9.43. The third-order valence-electron chi connectivity index (χ3n) is 3.99. The zero-order valence-electron chi connectivity index (χ0n) is 15.1. The summed E-state index contributed by atoms with van der Waals surface area (Å²) in [5.41, 5.74) is -0.963. The van der Waals surface area contributed by atoms with Gasteiger partial charge in [0.2, 0.25) is 0 Å². The number of aryl methyl sites for hydroxylation is 3. The summed E-state index contributed by atoms with van der Waals surface area (Å²) >= 11 is 18.1. The van der Waals surface area contributed by atoms with E-state index >= 15 is 0 Å². The number of amides is 1. The predicted molar refractivity (Wildman–Crippen MR) is 102 cm³/mol. The molecule has 3 heterocycles. The number of hydrogen-bond donors (Lipinski definition) is 1. The second-order valence-electron chi connectivity index (χ2n) is 6.20. The van der Waals surface area contributed by atoms with Crippen LogP contribution in [-0.2, 0) is 12.7 Å². The Morgan fingerprint density at radius 1 is 1.17 bits per heavy atom. The first kappa shape index (κ1) is 21.7. The minimum atomic E-state index is -4.68. The van der Waals surface area contributed by atoms with Crippen molar-refractivity contribution in [2.75, 3.05) is 6.54 Å². The average Bonchev–Trinajstić information content (AvgIpc) is 3.09. The van der Waals surface area contributed by atoms with Crippen molar-refractivity contribution in [2.45, 2.75) is 33.0 Å². The van der Waals surface area contributed by atoms with Crippen LogP contribution < -0.4 is 5.32 Å². The minimum Gasteiger partial charge on any atom is -0.351 e. The molecule has 156 valence electrons. The topological polar surface area (TPSA) is 77.1 Å². The fourth-order valence-electron chi connectivity index (χ4n) is 2.65. The van der Waals surface area contributed by atoms with E-state index in [0.29, 0.717) is 33.4 Å². The molecule has 1 amide bonds. The van der Waals surface area contributed by atoms with Crippen molar-refractivity contribution in [1.29, 1.82) is 0 Å². The summed E-state index contributed by atoms with van der Waals surface area (Å²) < 4.78 is 41.8. The maximum atomic E-state index is 13.3. The molecule has 3 aromatic rings. The van der Waals surface area contributed by atoms with Crippen LogP contribution >= 0.6 is 34.8 Å². The molecule has 0 aliphatic carbocycles. The van der Waals surface area contributed by atoms with Crippen LogP contribution in [0, 0.1) is 13.8 Å². The van der Waals surface area contributed by atoms with Crippen LogP contribution in [0.2, 0.25) is 15.2 Å². The fourth-order valence-corrected chi connectivity index (χ4v) is 3.29. The number of carbonyl (C=O) groups excluding carboxylic acids is 1. The van der Waals surface area contributed by atoms with Crippen molar-refractivity contribution < 1.29 is 18.0 Å². The molecule has 0 aliphatic rings. The monoisotopic (exact) mass is 468 g/mol. The van der Waals surface area contributed by atoms with Gasteiger partial charge in [0.05, 0.1) is 5.69 Å². The van der Waals surface area contributed by atoms with E-state index in [2.05, 4.69) is 20.5 Å². The standard InChI is InChI=1S/C16H14Cl3F3N6O/c1-7-6-9(16(20,21)22)28-14(24-7)11(18)12(26-28)15(29)23-4-3-5-27-13(19)10(17)8(2)25-27/h6H,3-5H2,1-2H3,(H,23,29). The molecule has 0 radical (unpaired) electrons. The smallest absolute Gasteiger partial charge is 0.351 e. The highest BCUT2D eigenvalue weighted by Crippen LogP contribution is 2.32. The molecule has 0 atom stereocenters. The van der Waals surface area contributed by atoms with Crippen LogP contribution in [0.3, 0.4) is 0 Å². The van der Waals surface area contributed by atoms with Crippen LogP contribution in [0.5, 0.6) is 0 Å². The Morgan fingerprint density at radius 2 is 1.86 bits per heavy atom. The molecule has 1 N–H and O–H groups in total. The van der Waals surface area contributed by atoms with Gasteiger partial charge in [-0.2, -0.15) is 23.4 Å². The number of nitrogens with zero attached hydrogens (tertiary/aromatic N) is 5. The Kier molecular flexibility index (Phi) is 5.98. The predicted octanol–water partition coefficient (Wildman–Crippen LogP) is 4.34. The van der Waals surface area contributed by atoms with E-state index in [4.69, 9.17) is 34.8 Å². The molecule has 0 aliphatic heterocycles. The molecule has 0 unspecified atom stereocenters. The van der Waals surface area contributed by atoms with Crippen LogP contribution in [-0.4, -0.2) is 36.8 Å². The first-order chi connectivity index (χ1) is 13.5. The fraction of sp³-hybridized carbons (Fsp3) is 0.375. The van der Waals surface area contributed by atoms with Crippen molar-refractivity contribution in [1.82, 2.24) is 29.7 Å². The Hall–Kier alpha value is -2.04. The number of fused-ring (bicyclic) bond motifs is 1. The number of aromatic nitrogens is 5. The zero-order valence-corrected chi connectivity index (χ0v) is 17.4. The van der Waals surface area contributed by atoms with E-state index in [1.54, 1.807) is 6.92 Å². The van der Waals surface area contributed by atoms with E-state index in [9.17, 15) is 18.0 Å². The molecule has 0 aromatic carbocycles. The van der Waals surface area contributed by atoms with Gasteiger partial charge < -0.3 is 5.32 Å². The summed E-state index contributed by atoms with van der Waals surface area (Å²) in [5, 5.41) is 10.8. The van der Waals surface area contributed by atoms with Gasteiger partial charge in [-0.05, 0) is 26.3 Å². The van der Waals surface area contributed by atoms with E-state index in [1.807, 2.05) is 0 Å². The maximum absolute atomic E-state index is 13.3. The normalized spacial score (nSPS) is 12.0. The summed E-state index contributed by atoms with van der Waals surface area (Å²) in [6, 6.07) is 0.832. The Morgan fingerprint density at radius 3 is 2.45 bits per heavy atom. The quantitative estimate of drug-likeness (QED) is 0.564. The van der Waals surface area contributed by atoms with Gasteiger partial charge in [-0.3, -0.25) is 9.48 Å². The molecule has 0 saturated heterocycles. The molecule has 13 heteroatoms. The van der Waals surface area contributed by atoms with Gasteiger partial charge in [-0.1, -0.05) is 34.8 Å². The Balaban J connectivity index is 1.74. The van der Waals surface area contributed by atoms with Gasteiger partial charge in [0.15, 0.2) is 11.3 Å². The van der Waals surface area contributed by atoms with Crippen molar-refractivity contribution in [3.05, 3.63) is 44.0 Å². The van der Waals surface area contributed by atoms with E-state index in [0.717, 1.165) is 6.07 Å². The molecule has 0 fully saturated rings. The van der Waals surface area contributed by atoms with E-state index < -0.39 is 17.8 Å². The summed E-state index contributed by atoms with van der Waals surface area (Å²) in [5.74, 6) is -0.716. The molecule has 29 heavy (non-hydrogen) atoms. The number of carbonyl (C=O) groups is 1. The zero-order chi connectivity index (χ0) is 21.5. The Bertz CT molecular complexity index is 1090. The van der Waals surface area contributed by atoms with Gasteiger partial charge in [0.25, 0.3) is 5.91 Å². The van der Waals surface area contributed by atoms with Gasteiger partial charge in [0, 0.05) is 18.8 Å². The van der Waals surface area contributed by atoms with Gasteiger partial charge in [-0.15, -0.1) is 0 Å². The average molecular weight is 470 g/mol. The molecular weight excluding hydrogens is 456 g/mol. The van der Waals surface area contributed by atoms with Crippen LogP contribution in [0.4, 0.5) is 13.2 Å². The van der Waals surface area contributed by atoms with Crippen molar-refractivity contribution in [3.8, 4) is 0 Å². The molecule has 7 nitrogen and oxygen atoms in total. The lowest BCUT2D eigenvalue weighted by Gasteiger charge is -2.09. The summed E-state index contributed by atoms with van der Waals surface area (Å²) in [6.07, 6.45) is -4.24. The second kappa shape index (κ2) is 8.00. The third kappa shape index (κ3) is 4.29. The minimum absolute atomic E-state index is 0.101. The van der Waals surface area contributed by atoms with Crippen molar-refractivity contribution >= 4 is 46.4 Å². The summed E-state index contributed by atoms with van der Waals surface area (Å²) in [7, 11) is 0. The molecular formula is C16H14Cl3F3N6O. The van der Waals surface area contributed by atoms with E-state index in [1.165, 1.54) is 11.6 Å². The highest BCUT2D eigenvalue weighted by atomic mass is 35.5. The third-order valence-corrected chi connectivity index (χ3v) is 5.28. The highest BCUT2D eigenvalue weighted by molar-refractivity contribution is 6.41. The molecule has 0 spiro atoms. The van der Waals surface area contributed by atoms with Crippen molar-refractivity contribution in [3.63, 3.8) is 0 Å². The lowest BCUT2D eigenvalue weighted by atomic mass is 10.3. The maximum Gasteiger partial charge on any atom is 0.433 e. The number of halogens is 6. The van der Waals surface area contributed by atoms with Crippen LogP contribution in [0.15, 0.2) is 6.07 Å². The molecule has 3 aromatic heterocycles. The number of hydrogen-bond acceptors (Lipinski definition) is 4. The van der Waals surface area contributed by atoms with Crippen LogP contribution in [0.1, 0.15) is 34.0 Å². The lowest BCUT2D eigenvalue weighted by Crippen LogP contribution is -2.26. The van der Waals surface area contributed by atoms with Gasteiger partial charge in [0.1, 0.15) is 20.9 Å². The summed E-state index contributed by atoms with van der Waals surface area (Å²) in [4.78, 5) is 16.3. The number of alkyl halides is 3. The molecule has 3 rings (SSSR count).